The van der Waals surface area contributed by atoms with E-state index in [2.05, 4.69) is 15.1 Å². The van der Waals surface area contributed by atoms with Crippen molar-refractivity contribution in [3.8, 4) is 11.6 Å². The Bertz CT molecular complexity index is 514. The van der Waals surface area contributed by atoms with Gasteiger partial charge >= 0.3 is 0 Å². The van der Waals surface area contributed by atoms with E-state index < -0.39 is 0 Å². The van der Waals surface area contributed by atoms with Crippen LogP contribution in [0.3, 0.4) is 0 Å². The predicted octanol–water partition coefficient (Wildman–Crippen LogP) is 2.76. The fourth-order valence-corrected chi connectivity index (χ4v) is 2.40. The number of nitrogens with two attached hydrogens (primary N) is 1. The molecule has 18 heavy (non-hydrogen) atoms. The van der Waals surface area contributed by atoms with Crippen LogP contribution in [0.5, 0.6) is 0 Å². The quantitative estimate of drug-likeness (QED) is 0.878. The first-order valence-corrected chi connectivity index (χ1v) is 6.38. The summed E-state index contributed by atoms with van der Waals surface area (Å²) in [6.45, 7) is 0. The summed E-state index contributed by atoms with van der Waals surface area (Å²) >= 11 is 0. The van der Waals surface area contributed by atoms with E-state index in [1.165, 1.54) is 19.3 Å². The molecule has 0 aliphatic heterocycles. The summed E-state index contributed by atoms with van der Waals surface area (Å²) in [5.74, 6) is 1.75. The zero-order valence-corrected chi connectivity index (χ0v) is 10.2. The van der Waals surface area contributed by atoms with Gasteiger partial charge in [0.1, 0.15) is 5.69 Å². The standard InChI is InChI=1S/C13H16N4O/c14-10-6-7-11(15-8-10)13-16-12(17-18-13)9-4-2-1-3-5-9/h6-9H,1-5,14H2. The van der Waals surface area contributed by atoms with Crippen LogP contribution in [0.25, 0.3) is 11.6 Å². The van der Waals surface area contributed by atoms with Crippen molar-refractivity contribution in [2.24, 2.45) is 0 Å². The zero-order chi connectivity index (χ0) is 12.4. The molecule has 0 bridgehead atoms. The molecule has 5 nitrogen and oxygen atoms in total. The van der Waals surface area contributed by atoms with Crippen molar-refractivity contribution in [3.05, 3.63) is 24.2 Å². The Hall–Kier alpha value is -1.91. The Kier molecular flexibility index (Phi) is 2.96. The van der Waals surface area contributed by atoms with E-state index in [4.69, 9.17) is 10.3 Å². The van der Waals surface area contributed by atoms with Crippen LogP contribution in [0.2, 0.25) is 0 Å². The highest BCUT2D eigenvalue weighted by Crippen LogP contribution is 2.31. The second-order valence-corrected chi connectivity index (χ2v) is 4.77. The van der Waals surface area contributed by atoms with Gasteiger partial charge in [0.25, 0.3) is 5.89 Å². The van der Waals surface area contributed by atoms with Gasteiger partial charge in [-0.2, -0.15) is 4.98 Å². The van der Waals surface area contributed by atoms with Crippen molar-refractivity contribution in [1.29, 1.82) is 0 Å². The van der Waals surface area contributed by atoms with Gasteiger partial charge in [-0.15, -0.1) is 0 Å². The van der Waals surface area contributed by atoms with Gasteiger partial charge in [-0.05, 0) is 25.0 Å². The molecule has 1 aliphatic carbocycles. The van der Waals surface area contributed by atoms with Gasteiger partial charge in [-0.3, -0.25) is 0 Å². The topological polar surface area (TPSA) is 77.8 Å². The lowest BCUT2D eigenvalue weighted by Gasteiger charge is -2.17. The fraction of sp³-hybridized carbons (Fsp3) is 0.462. The van der Waals surface area contributed by atoms with Gasteiger partial charge in [0.2, 0.25) is 0 Å². The number of rotatable bonds is 2. The van der Waals surface area contributed by atoms with E-state index in [9.17, 15) is 0 Å². The Labute approximate surface area is 105 Å². The van der Waals surface area contributed by atoms with Crippen LogP contribution < -0.4 is 5.73 Å². The molecule has 2 N–H and O–H groups in total. The molecule has 0 atom stereocenters. The lowest BCUT2D eigenvalue weighted by atomic mass is 9.89. The van der Waals surface area contributed by atoms with Crippen molar-refractivity contribution in [1.82, 2.24) is 15.1 Å². The van der Waals surface area contributed by atoms with Crippen LogP contribution in [0.4, 0.5) is 5.69 Å². The first-order valence-electron chi connectivity index (χ1n) is 6.38. The summed E-state index contributed by atoms with van der Waals surface area (Å²) < 4.78 is 5.28. The monoisotopic (exact) mass is 244 g/mol. The Morgan fingerprint density at radius 2 is 2.00 bits per heavy atom. The lowest BCUT2D eigenvalue weighted by molar-refractivity contribution is 0.385. The largest absolute Gasteiger partial charge is 0.397 e. The molecule has 94 valence electrons. The number of aromatic nitrogens is 3. The van der Waals surface area contributed by atoms with E-state index in [0.29, 0.717) is 23.2 Å². The summed E-state index contributed by atoms with van der Waals surface area (Å²) in [6.07, 6.45) is 7.76. The van der Waals surface area contributed by atoms with E-state index in [-0.39, 0.29) is 0 Å². The minimum Gasteiger partial charge on any atom is -0.397 e. The SMILES string of the molecule is Nc1ccc(-c2nc(C3CCCCC3)no2)nc1. The third kappa shape index (κ3) is 2.20. The highest BCUT2D eigenvalue weighted by Gasteiger charge is 2.21. The molecule has 2 aromatic rings. The van der Waals surface area contributed by atoms with E-state index >= 15 is 0 Å². The van der Waals surface area contributed by atoms with Gasteiger partial charge in [0.05, 0.1) is 11.9 Å². The average molecular weight is 244 g/mol. The number of hydrogen-bond acceptors (Lipinski definition) is 5. The second kappa shape index (κ2) is 4.76. The highest BCUT2D eigenvalue weighted by atomic mass is 16.5. The lowest BCUT2D eigenvalue weighted by Crippen LogP contribution is -2.06. The molecular weight excluding hydrogens is 228 g/mol. The molecule has 0 spiro atoms. The molecule has 0 radical (unpaired) electrons. The average Bonchev–Trinajstić information content (AvgIpc) is 2.90. The molecule has 0 amide bonds. The minimum atomic E-state index is 0.449. The van der Waals surface area contributed by atoms with Crippen molar-refractivity contribution < 1.29 is 4.52 Å². The van der Waals surface area contributed by atoms with Crippen molar-refractivity contribution in [2.75, 3.05) is 5.73 Å². The number of hydrogen-bond donors (Lipinski definition) is 1. The van der Waals surface area contributed by atoms with Gasteiger partial charge in [-0.1, -0.05) is 24.4 Å². The Balaban J connectivity index is 1.82. The molecule has 0 saturated heterocycles. The zero-order valence-electron chi connectivity index (χ0n) is 10.2. The van der Waals surface area contributed by atoms with Crippen molar-refractivity contribution in [2.45, 2.75) is 38.0 Å². The predicted molar refractivity (Wildman–Crippen MR) is 67.8 cm³/mol. The molecule has 5 heteroatoms. The number of nitrogen functional groups attached to an aromatic ring is 1. The van der Waals surface area contributed by atoms with Crippen LogP contribution in [0.1, 0.15) is 43.8 Å². The normalized spacial score (nSPS) is 16.9. The molecule has 3 rings (SSSR count). The van der Waals surface area contributed by atoms with Crippen LogP contribution in [0, 0.1) is 0 Å². The van der Waals surface area contributed by atoms with Gasteiger partial charge in [0, 0.05) is 5.92 Å². The van der Waals surface area contributed by atoms with Crippen LogP contribution in [-0.2, 0) is 0 Å². The third-order valence-electron chi connectivity index (χ3n) is 3.42. The molecule has 1 aliphatic rings. The molecular formula is C13H16N4O. The first-order chi connectivity index (χ1) is 8.83. The van der Waals surface area contributed by atoms with E-state index in [0.717, 1.165) is 18.7 Å². The number of anilines is 1. The Morgan fingerprint density at radius 3 is 2.72 bits per heavy atom. The summed E-state index contributed by atoms with van der Waals surface area (Å²) in [6, 6.07) is 3.58. The van der Waals surface area contributed by atoms with Gasteiger partial charge < -0.3 is 10.3 Å². The number of pyridine rings is 1. The van der Waals surface area contributed by atoms with E-state index in [1.54, 1.807) is 18.3 Å². The maximum absolute atomic E-state index is 5.60. The molecule has 1 fully saturated rings. The summed E-state index contributed by atoms with van der Waals surface area (Å²) in [5.41, 5.74) is 6.91. The maximum atomic E-state index is 5.60. The van der Waals surface area contributed by atoms with E-state index in [1.807, 2.05) is 0 Å². The van der Waals surface area contributed by atoms with Gasteiger partial charge in [-0.25, -0.2) is 4.98 Å². The summed E-state index contributed by atoms with van der Waals surface area (Å²) in [5, 5.41) is 4.08. The Morgan fingerprint density at radius 1 is 1.17 bits per heavy atom. The smallest absolute Gasteiger partial charge is 0.276 e. The maximum Gasteiger partial charge on any atom is 0.276 e. The summed E-state index contributed by atoms with van der Waals surface area (Å²) in [7, 11) is 0. The van der Waals surface area contributed by atoms with Crippen LogP contribution in [-0.4, -0.2) is 15.1 Å². The molecule has 2 heterocycles. The van der Waals surface area contributed by atoms with Crippen LogP contribution in [0.15, 0.2) is 22.9 Å². The molecule has 1 saturated carbocycles. The third-order valence-corrected chi connectivity index (χ3v) is 3.42. The molecule has 0 aromatic carbocycles. The summed E-state index contributed by atoms with van der Waals surface area (Å²) in [4.78, 5) is 8.64. The number of nitrogens with zero attached hydrogens (tertiary/aromatic N) is 3. The minimum absolute atomic E-state index is 0.449. The molecule has 0 unspecified atom stereocenters. The van der Waals surface area contributed by atoms with Crippen LogP contribution >= 0.6 is 0 Å². The van der Waals surface area contributed by atoms with Crippen molar-refractivity contribution in [3.63, 3.8) is 0 Å². The first kappa shape index (κ1) is 11.2. The van der Waals surface area contributed by atoms with Crippen molar-refractivity contribution >= 4 is 5.69 Å². The van der Waals surface area contributed by atoms with Gasteiger partial charge in [0.15, 0.2) is 5.82 Å². The fourth-order valence-electron chi connectivity index (χ4n) is 2.40. The highest BCUT2D eigenvalue weighted by molar-refractivity contribution is 5.50. The second-order valence-electron chi connectivity index (χ2n) is 4.77. The molecule has 2 aromatic heterocycles.